The van der Waals surface area contributed by atoms with Crippen LogP contribution in [-0.2, 0) is 4.57 Å². The van der Waals surface area contributed by atoms with Gasteiger partial charge >= 0.3 is 7.60 Å². The first-order valence-corrected chi connectivity index (χ1v) is 3.39. The van der Waals surface area contributed by atoms with Crippen molar-refractivity contribution in [2.45, 2.75) is 12.7 Å². The average Bonchev–Trinajstić information content (AvgIpc) is 1.31. The molecule has 3 N–H and O–H groups in total. The van der Waals surface area contributed by atoms with Gasteiger partial charge in [0, 0.05) is 0 Å². The molecule has 43 valence electrons. The van der Waals surface area contributed by atoms with Gasteiger partial charge in [0.25, 0.3) is 0 Å². The van der Waals surface area contributed by atoms with E-state index in [1.165, 1.54) is 0 Å². The summed E-state index contributed by atoms with van der Waals surface area (Å²) in [5.74, 6) is -1.28. The normalized spacial score (nSPS) is 16.6. The predicted octanol–water partition coefficient (Wildman–Crippen LogP) is -0.207. The Kier molecular flexibility index (Phi) is 1.95. The molecule has 0 aromatic heterocycles. The van der Waals surface area contributed by atoms with Crippen molar-refractivity contribution in [2.75, 3.05) is 0 Å². The summed E-state index contributed by atoms with van der Waals surface area (Å²) in [6.07, 6.45) is 0. The molecule has 5 heteroatoms. The van der Waals surface area contributed by atoms with Crippen molar-refractivity contribution in [1.29, 1.82) is 0 Å². The van der Waals surface area contributed by atoms with Crippen LogP contribution in [0.3, 0.4) is 0 Å². The van der Waals surface area contributed by atoms with Crippen molar-refractivity contribution in [1.82, 2.24) is 5.73 Å². The molecule has 0 aromatic rings. The molecular formula is C2H7NO3P. The highest BCUT2D eigenvalue weighted by molar-refractivity contribution is 7.52. The molecule has 0 amide bonds. The summed E-state index contributed by atoms with van der Waals surface area (Å²) in [4.78, 5) is 16.0. The highest BCUT2D eigenvalue weighted by Gasteiger charge is 2.18. The second-order valence-electron chi connectivity index (χ2n) is 1.27. The highest BCUT2D eigenvalue weighted by atomic mass is 31.2. The summed E-state index contributed by atoms with van der Waals surface area (Å²) in [5.41, 5.74) is 6.47. The molecule has 0 saturated heterocycles. The van der Waals surface area contributed by atoms with Gasteiger partial charge < -0.3 is 9.79 Å². The van der Waals surface area contributed by atoms with Crippen molar-refractivity contribution < 1.29 is 14.4 Å². The van der Waals surface area contributed by atoms with Crippen LogP contribution >= 0.6 is 7.60 Å². The average molecular weight is 124 g/mol. The van der Waals surface area contributed by atoms with E-state index < -0.39 is 13.4 Å². The summed E-state index contributed by atoms with van der Waals surface area (Å²) in [6, 6.07) is 0. The summed E-state index contributed by atoms with van der Waals surface area (Å²) < 4.78 is 9.84. The Morgan fingerprint density at radius 3 is 1.86 bits per heavy atom. The minimum absolute atomic E-state index is 1.15. The zero-order valence-electron chi connectivity index (χ0n) is 3.83. The minimum Gasteiger partial charge on any atom is -0.323 e. The maximum atomic E-state index is 9.84. The second kappa shape index (κ2) is 1.92. The van der Waals surface area contributed by atoms with Gasteiger partial charge in [-0.15, -0.1) is 0 Å². The largest absolute Gasteiger partial charge is 0.343 e. The van der Waals surface area contributed by atoms with E-state index in [2.05, 4.69) is 0 Å². The van der Waals surface area contributed by atoms with Crippen molar-refractivity contribution in [2.24, 2.45) is 0 Å². The third-order valence-electron chi connectivity index (χ3n) is 0.505. The van der Waals surface area contributed by atoms with Crippen molar-refractivity contribution in [3.05, 3.63) is 0 Å². The van der Waals surface area contributed by atoms with E-state index in [0.717, 1.165) is 6.92 Å². The molecular weight excluding hydrogens is 117 g/mol. The number of hydrogen-bond donors (Lipinski definition) is 2. The lowest BCUT2D eigenvalue weighted by Gasteiger charge is -2.03. The monoisotopic (exact) mass is 124 g/mol. The fraction of sp³-hybridized carbons (Fsp3) is 1.00. The smallest absolute Gasteiger partial charge is 0.323 e. The van der Waals surface area contributed by atoms with Crippen LogP contribution < -0.4 is 5.73 Å². The van der Waals surface area contributed by atoms with Crippen LogP contribution in [0.4, 0.5) is 0 Å². The zero-order chi connectivity index (χ0) is 6.08. The quantitative estimate of drug-likeness (QED) is 0.474. The predicted molar refractivity (Wildman–Crippen MR) is 24.6 cm³/mol. The SMILES string of the molecule is CC([NH])P(=O)(O)O. The Labute approximate surface area is 41.5 Å². The first-order chi connectivity index (χ1) is 2.94. The molecule has 0 heterocycles. The van der Waals surface area contributed by atoms with Gasteiger partial charge in [-0.05, 0) is 6.92 Å². The van der Waals surface area contributed by atoms with Gasteiger partial charge in [-0.2, -0.15) is 0 Å². The lowest BCUT2D eigenvalue weighted by atomic mass is 10.8. The highest BCUT2D eigenvalue weighted by Crippen LogP contribution is 2.38. The molecule has 4 nitrogen and oxygen atoms in total. The Hall–Kier alpha value is 0.110. The molecule has 1 radical (unpaired) electrons. The third-order valence-corrected chi connectivity index (χ3v) is 1.51. The van der Waals surface area contributed by atoms with Gasteiger partial charge in [0.1, 0.15) is 5.78 Å². The van der Waals surface area contributed by atoms with Crippen molar-refractivity contribution >= 4 is 7.60 Å². The van der Waals surface area contributed by atoms with Crippen molar-refractivity contribution in [3.63, 3.8) is 0 Å². The lowest BCUT2D eigenvalue weighted by Crippen LogP contribution is -2.01. The first kappa shape index (κ1) is 7.11. The molecule has 0 saturated carbocycles. The molecule has 1 atom stereocenters. The number of nitrogens with one attached hydrogen (secondary N) is 1. The van der Waals surface area contributed by atoms with Crippen molar-refractivity contribution in [3.8, 4) is 0 Å². The van der Waals surface area contributed by atoms with Gasteiger partial charge in [-0.25, -0.2) is 5.73 Å². The standard InChI is InChI=1S/C2H7NO3P/c1-2(3)7(4,5)6/h2-3H,1H3,(H2,4,5,6). The van der Waals surface area contributed by atoms with E-state index in [9.17, 15) is 4.57 Å². The molecule has 0 rings (SSSR count). The summed E-state index contributed by atoms with van der Waals surface area (Å²) in [5, 5.41) is 0. The maximum absolute atomic E-state index is 9.84. The van der Waals surface area contributed by atoms with Gasteiger partial charge in [0.05, 0.1) is 0 Å². The molecule has 0 bridgehead atoms. The first-order valence-electron chi connectivity index (χ1n) is 1.71. The Morgan fingerprint density at radius 2 is 1.86 bits per heavy atom. The van der Waals surface area contributed by atoms with E-state index in [4.69, 9.17) is 15.5 Å². The topological polar surface area (TPSA) is 81.3 Å². The molecule has 0 aromatic carbocycles. The van der Waals surface area contributed by atoms with Crippen LogP contribution in [0, 0.1) is 0 Å². The summed E-state index contributed by atoms with van der Waals surface area (Å²) >= 11 is 0. The maximum Gasteiger partial charge on any atom is 0.343 e. The Morgan fingerprint density at radius 1 is 1.71 bits per heavy atom. The van der Waals surface area contributed by atoms with E-state index in [1.54, 1.807) is 0 Å². The molecule has 0 aliphatic rings. The summed E-state index contributed by atoms with van der Waals surface area (Å²) in [6.45, 7) is 1.15. The number of hydrogen-bond acceptors (Lipinski definition) is 1. The van der Waals surface area contributed by atoms with Crippen LogP contribution in [0.2, 0.25) is 0 Å². The van der Waals surface area contributed by atoms with E-state index in [0.29, 0.717) is 0 Å². The van der Waals surface area contributed by atoms with Gasteiger partial charge in [0.2, 0.25) is 0 Å². The third kappa shape index (κ3) is 2.76. The molecule has 7 heavy (non-hydrogen) atoms. The lowest BCUT2D eigenvalue weighted by molar-refractivity contribution is 0.360. The van der Waals surface area contributed by atoms with Crippen LogP contribution in [0.5, 0.6) is 0 Å². The minimum atomic E-state index is -4.07. The van der Waals surface area contributed by atoms with E-state index in [1.807, 2.05) is 0 Å². The van der Waals surface area contributed by atoms with Crippen LogP contribution in [0.1, 0.15) is 6.92 Å². The van der Waals surface area contributed by atoms with Gasteiger partial charge in [0.15, 0.2) is 0 Å². The van der Waals surface area contributed by atoms with Crippen LogP contribution in [0.15, 0.2) is 0 Å². The zero-order valence-corrected chi connectivity index (χ0v) is 4.72. The second-order valence-corrected chi connectivity index (χ2v) is 3.22. The van der Waals surface area contributed by atoms with Crippen LogP contribution in [0.25, 0.3) is 0 Å². The molecule has 0 fully saturated rings. The number of rotatable bonds is 1. The fourth-order valence-electron chi connectivity index (χ4n) is 0. The van der Waals surface area contributed by atoms with Gasteiger partial charge in [-0.1, -0.05) is 0 Å². The Bertz CT molecular complexity index is 95.1. The molecule has 0 spiro atoms. The van der Waals surface area contributed by atoms with Crippen LogP contribution in [-0.4, -0.2) is 15.6 Å². The van der Waals surface area contributed by atoms with Gasteiger partial charge in [-0.3, -0.25) is 4.57 Å². The van der Waals surface area contributed by atoms with E-state index in [-0.39, 0.29) is 0 Å². The molecule has 0 aliphatic carbocycles. The fourth-order valence-corrected chi connectivity index (χ4v) is 0. The summed E-state index contributed by atoms with van der Waals surface area (Å²) in [7, 11) is -4.07. The Balaban J connectivity index is 3.80. The van der Waals surface area contributed by atoms with E-state index >= 15 is 0 Å². The molecule has 1 unspecified atom stereocenters. The molecule has 0 aliphatic heterocycles.